The Labute approximate surface area is 189 Å². The normalized spacial score (nSPS) is 21.2. The first-order chi connectivity index (χ1) is 13.5. The summed E-state index contributed by atoms with van der Waals surface area (Å²) in [6.07, 6.45) is 4.76. The molecule has 3 saturated heterocycles. The van der Waals surface area contributed by atoms with Gasteiger partial charge in [-0.15, -0.1) is 0 Å². The number of hydrogen-bond acceptors (Lipinski definition) is 6. The fourth-order valence-corrected chi connectivity index (χ4v) is 3.35. The standard InChI is InChI=1S/C9H20N2O.C7H13N.C6H14N2.2CH4/c1-3-12-9-8-11-6-4-10(2)5-7-11;1-2-7-3-5-8-6-4-7;1-7-3-5-8(2)6-4-7;;/h3-9H2,1-2H3;2,8H,3-6H2,1H3;3-6H2,1-2H3;2*1H4. The minimum Gasteiger partial charge on any atom is -0.380 e. The molecule has 0 saturated carbocycles. The Balaban J connectivity index is 0. The first-order valence-corrected chi connectivity index (χ1v) is 11.3. The van der Waals surface area contributed by atoms with Gasteiger partial charge in [-0.2, -0.15) is 0 Å². The van der Waals surface area contributed by atoms with Gasteiger partial charge in [0, 0.05) is 65.5 Å². The van der Waals surface area contributed by atoms with E-state index in [4.69, 9.17) is 4.74 Å². The molecule has 0 spiro atoms. The minimum atomic E-state index is 0. The van der Waals surface area contributed by atoms with Crippen LogP contribution in [0.4, 0.5) is 0 Å². The van der Waals surface area contributed by atoms with Crippen molar-refractivity contribution >= 4 is 0 Å². The van der Waals surface area contributed by atoms with Gasteiger partial charge in [-0.05, 0) is 60.9 Å². The Morgan fingerprint density at radius 3 is 1.60 bits per heavy atom. The zero-order valence-corrected chi connectivity index (χ0v) is 19.4. The molecule has 3 heterocycles. The summed E-state index contributed by atoms with van der Waals surface area (Å²) >= 11 is 0. The van der Waals surface area contributed by atoms with Crippen LogP contribution in [0.1, 0.15) is 41.5 Å². The van der Waals surface area contributed by atoms with E-state index < -0.39 is 0 Å². The number of ether oxygens (including phenoxy) is 1. The van der Waals surface area contributed by atoms with Gasteiger partial charge in [0.2, 0.25) is 0 Å². The molecule has 6 nitrogen and oxygen atoms in total. The molecule has 3 aliphatic heterocycles. The van der Waals surface area contributed by atoms with Crippen LogP contribution >= 0.6 is 0 Å². The summed E-state index contributed by atoms with van der Waals surface area (Å²) in [6, 6.07) is 0. The van der Waals surface area contributed by atoms with Crippen LogP contribution in [0.15, 0.2) is 11.6 Å². The lowest BCUT2D eigenvalue weighted by Gasteiger charge is -2.32. The molecule has 1 N–H and O–H groups in total. The molecular formula is C24H55N5O. The largest absolute Gasteiger partial charge is 0.380 e. The van der Waals surface area contributed by atoms with E-state index in [2.05, 4.69) is 59.1 Å². The van der Waals surface area contributed by atoms with Crippen LogP contribution in [-0.2, 0) is 4.74 Å². The lowest BCUT2D eigenvalue weighted by molar-refractivity contribution is 0.0882. The van der Waals surface area contributed by atoms with Gasteiger partial charge in [-0.25, -0.2) is 0 Å². The predicted molar refractivity (Wildman–Crippen MR) is 135 cm³/mol. The molecule has 0 aromatic rings. The Bertz CT molecular complexity index is 371. The van der Waals surface area contributed by atoms with Crippen molar-refractivity contribution < 1.29 is 4.74 Å². The zero-order chi connectivity index (χ0) is 20.6. The van der Waals surface area contributed by atoms with Gasteiger partial charge in [0.15, 0.2) is 0 Å². The molecule has 0 atom stereocenters. The number of allylic oxidation sites excluding steroid dienone is 1. The van der Waals surface area contributed by atoms with Crippen LogP contribution in [0.5, 0.6) is 0 Å². The molecule has 6 heteroatoms. The first kappa shape index (κ1) is 31.7. The quantitative estimate of drug-likeness (QED) is 0.547. The second-order valence-corrected chi connectivity index (χ2v) is 8.15. The van der Waals surface area contributed by atoms with Gasteiger partial charge in [-0.3, -0.25) is 4.90 Å². The molecule has 30 heavy (non-hydrogen) atoms. The third-order valence-electron chi connectivity index (χ3n) is 5.73. The van der Waals surface area contributed by atoms with Crippen molar-refractivity contribution in [2.24, 2.45) is 0 Å². The summed E-state index contributed by atoms with van der Waals surface area (Å²) in [6.45, 7) is 19.1. The maximum Gasteiger partial charge on any atom is 0.0593 e. The summed E-state index contributed by atoms with van der Waals surface area (Å²) in [5.41, 5.74) is 1.61. The molecule has 0 aromatic heterocycles. The second kappa shape index (κ2) is 20.4. The van der Waals surface area contributed by atoms with Crippen LogP contribution in [0.3, 0.4) is 0 Å². The van der Waals surface area contributed by atoms with Crippen LogP contribution in [0.2, 0.25) is 0 Å². The average Bonchev–Trinajstić information content (AvgIpc) is 2.73. The van der Waals surface area contributed by atoms with Crippen molar-refractivity contribution in [3.05, 3.63) is 11.6 Å². The van der Waals surface area contributed by atoms with Crippen molar-refractivity contribution in [2.45, 2.75) is 41.5 Å². The smallest absolute Gasteiger partial charge is 0.0593 e. The van der Waals surface area contributed by atoms with E-state index in [1.54, 1.807) is 5.57 Å². The van der Waals surface area contributed by atoms with E-state index in [1.165, 1.54) is 78.3 Å². The molecule has 3 rings (SSSR count). The lowest BCUT2D eigenvalue weighted by atomic mass is 10.1. The molecule has 0 aliphatic carbocycles. The van der Waals surface area contributed by atoms with E-state index in [0.717, 1.165) is 19.8 Å². The number of nitrogens with zero attached hydrogens (tertiary/aromatic N) is 4. The Morgan fingerprint density at radius 2 is 1.23 bits per heavy atom. The topological polar surface area (TPSA) is 34.2 Å². The number of nitrogens with one attached hydrogen (secondary N) is 1. The van der Waals surface area contributed by atoms with Gasteiger partial charge in [0.1, 0.15) is 0 Å². The molecule has 0 bridgehead atoms. The predicted octanol–water partition coefficient (Wildman–Crippen LogP) is 2.72. The maximum absolute atomic E-state index is 5.31. The van der Waals surface area contributed by atoms with Crippen molar-refractivity contribution in [3.63, 3.8) is 0 Å². The maximum atomic E-state index is 5.31. The molecule has 0 radical (unpaired) electrons. The van der Waals surface area contributed by atoms with Crippen LogP contribution < -0.4 is 5.32 Å². The van der Waals surface area contributed by atoms with E-state index in [1.807, 2.05) is 6.92 Å². The van der Waals surface area contributed by atoms with Crippen molar-refractivity contribution in [2.75, 3.05) is 106 Å². The third kappa shape index (κ3) is 16.2. The first-order valence-electron chi connectivity index (χ1n) is 11.3. The molecule has 182 valence electrons. The highest BCUT2D eigenvalue weighted by molar-refractivity contribution is 5.03. The van der Waals surface area contributed by atoms with Gasteiger partial charge in [0.25, 0.3) is 0 Å². The Morgan fingerprint density at radius 1 is 0.800 bits per heavy atom. The summed E-state index contributed by atoms with van der Waals surface area (Å²) in [4.78, 5) is 9.56. The van der Waals surface area contributed by atoms with Crippen LogP contribution in [0.25, 0.3) is 0 Å². The van der Waals surface area contributed by atoms with Gasteiger partial charge >= 0.3 is 0 Å². The molecule has 3 aliphatic rings. The highest BCUT2D eigenvalue weighted by atomic mass is 16.5. The second-order valence-electron chi connectivity index (χ2n) is 8.15. The summed E-state index contributed by atoms with van der Waals surface area (Å²) in [5.74, 6) is 0. The number of piperazine rings is 2. The van der Waals surface area contributed by atoms with E-state index in [0.29, 0.717) is 0 Å². The average molecular weight is 430 g/mol. The number of likely N-dealkylation sites (N-methyl/N-ethyl adjacent to an activating group) is 3. The summed E-state index contributed by atoms with van der Waals surface area (Å²) < 4.78 is 5.31. The highest BCUT2D eigenvalue weighted by Crippen LogP contribution is 2.08. The SMILES string of the molecule is C.C.CC=C1CCNCC1.CCOCCN1CCN(C)CC1.CN1CCN(C)CC1. The lowest BCUT2D eigenvalue weighted by Crippen LogP contribution is -2.45. The summed E-state index contributed by atoms with van der Waals surface area (Å²) in [7, 11) is 6.53. The molecule has 0 unspecified atom stereocenters. The highest BCUT2D eigenvalue weighted by Gasteiger charge is 2.12. The van der Waals surface area contributed by atoms with Crippen molar-refractivity contribution in [1.29, 1.82) is 0 Å². The Hall–Kier alpha value is -0.500. The van der Waals surface area contributed by atoms with Crippen molar-refractivity contribution in [1.82, 2.24) is 24.9 Å². The molecule has 0 amide bonds. The monoisotopic (exact) mass is 429 g/mol. The van der Waals surface area contributed by atoms with E-state index in [-0.39, 0.29) is 14.9 Å². The fourth-order valence-electron chi connectivity index (χ4n) is 3.35. The molecule has 3 fully saturated rings. The third-order valence-corrected chi connectivity index (χ3v) is 5.73. The fraction of sp³-hybridized carbons (Fsp3) is 0.917. The molecular weight excluding hydrogens is 374 g/mol. The van der Waals surface area contributed by atoms with E-state index in [9.17, 15) is 0 Å². The molecule has 0 aromatic carbocycles. The minimum absolute atomic E-state index is 0. The number of rotatable bonds is 4. The van der Waals surface area contributed by atoms with E-state index >= 15 is 0 Å². The zero-order valence-electron chi connectivity index (χ0n) is 19.4. The van der Waals surface area contributed by atoms with Crippen molar-refractivity contribution in [3.8, 4) is 0 Å². The van der Waals surface area contributed by atoms with Gasteiger partial charge in [0.05, 0.1) is 6.61 Å². The number of piperidine rings is 1. The van der Waals surface area contributed by atoms with Gasteiger partial charge < -0.3 is 24.8 Å². The Kier molecular flexibility index (Phi) is 21.6. The number of hydrogen-bond donors (Lipinski definition) is 1. The van der Waals surface area contributed by atoms with Crippen LogP contribution in [-0.4, -0.2) is 126 Å². The summed E-state index contributed by atoms with van der Waals surface area (Å²) in [5, 5.41) is 3.31. The van der Waals surface area contributed by atoms with Crippen LogP contribution in [0, 0.1) is 0 Å². The van der Waals surface area contributed by atoms with Gasteiger partial charge in [-0.1, -0.05) is 26.5 Å².